The Bertz CT molecular complexity index is 1120. The number of β-amino-alcohol motifs (C(OH)–C–C–N with tert-alkyl or cyclic N) is 1. The van der Waals surface area contributed by atoms with E-state index in [4.69, 9.17) is 4.74 Å². The molecule has 1 atom stereocenters. The summed E-state index contributed by atoms with van der Waals surface area (Å²) < 4.78 is 6.93. The lowest BCUT2D eigenvalue weighted by atomic mass is 9.76. The van der Waals surface area contributed by atoms with Crippen LogP contribution >= 0.6 is 15.9 Å². The Balaban J connectivity index is 1.90. The molecule has 0 amide bonds. The number of fused-ring (bicyclic) bond motifs is 2. The lowest BCUT2D eigenvalue weighted by molar-refractivity contribution is -0.385. The normalized spacial score (nSPS) is 20.6. The van der Waals surface area contributed by atoms with Crippen molar-refractivity contribution >= 4 is 39.1 Å². The van der Waals surface area contributed by atoms with Crippen molar-refractivity contribution in [2.75, 3.05) is 18.1 Å². The van der Waals surface area contributed by atoms with Gasteiger partial charge in [-0.2, -0.15) is 0 Å². The molecule has 0 saturated heterocycles. The highest BCUT2D eigenvalue weighted by Gasteiger charge is 2.59. The summed E-state index contributed by atoms with van der Waals surface area (Å²) in [7, 11) is 0. The zero-order chi connectivity index (χ0) is 21.8. The monoisotopic (exact) mass is 475 g/mol. The maximum Gasteiger partial charge on any atom is 0.271 e. The quantitative estimate of drug-likeness (QED) is 0.520. The van der Waals surface area contributed by atoms with Gasteiger partial charge in [-0.3, -0.25) is 20.2 Å². The molecule has 10 heteroatoms. The van der Waals surface area contributed by atoms with Crippen molar-refractivity contribution in [3.8, 4) is 5.75 Å². The van der Waals surface area contributed by atoms with E-state index in [2.05, 4.69) is 15.9 Å². The van der Waals surface area contributed by atoms with Crippen LogP contribution in [0.4, 0.5) is 17.1 Å². The molecule has 2 aromatic carbocycles. The van der Waals surface area contributed by atoms with Crippen molar-refractivity contribution in [2.24, 2.45) is 0 Å². The van der Waals surface area contributed by atoms with E-state index in [-0.39, 0.29) is 24.5 Å². The summed E-state index contributed by atoms with van der Waals surface area (Å²) in [6, 6.07) is 7.43. The molecule has 0 saturated carbocycles. The summed E-state index contributed by atoms with van der Waals surface area (Å²) in [5, 5.41) is 32.2. The summed E-state index contributed by atoms with van der Waals surface area (Å²) in [5.74, 6) is 0.432. The molecular formula is C20H18BrN3O6. The number of nitro groups is 2. The van der Waals surface area contributed by atoms with Crippen molar-refractivity contribution in [1.82, 2.24) is 0 Å². The molecular weight excluding hydrogens is 458 g/mol. The fourth-order valence-electron chi connectivity index (χ4n) is 4.28. The van der Waals surface area contributed by atoms with E-state index in [1.165, 1.54) is 24.3 Å². The first kappa shape index (κ1) is 20.3. The number of nitro benzene ring substituents is 2. The zero-order valence-electron chi connectivity index (χ0n) is 16.2. The molecule has 2 aromatic rings. The largest absolute Gasteiger partial charge is 0.462 e. The number of nitrogens with zero attached hydrogens (tertiary/aromatic N) is 3. The van der Waals surface area contributed by atoms with Gasteiger partial charge in [0.25, 0.3) is 11.4 Å². The Kier molecular flexibility index (Phi) is 4.59. The number of non-ortho nitro benzene ring substituents is 2. The van der Waals surface area contributed by atoms with Gasteiger partial charge >= 0.3 is 0 Å². The summed E-state index contributed by atoms with van der Waals surface area (Å²) in [6.07, 6.45) is 3.55. The molecule has 9 nitrogen and oxygen atoms in total. The topological polar surface area (TPSA) is 119 Å². The van der Waals surface area contributed by atoms with E-state index < -0.39 is 21.0 Å². The van der Waals surface area contributed by atoms with Gasteiger partial charge in [0.1, 0.15) is 5.75 Å². The molecule has 0 radical (unpaired) electrons. The SMILES string of the molecule is CC1(C)c2cc([N+](=O)[O-])ccc2N(CCO)[C@@]12C=Cc1cc([N+](=O)[O-])cc(Br)c1O2. The van der Waals surface area contributed by atoms with Crippen LogP contribution in [0.5, 0.6) is 5.75 Å². The molecule has 1 spiro atoms. The number of rotatable bonds is 4. The second-order valence-corrected chi connectivity index (χ2v) is 8.55. The van der Waals surface area contributed by atoms with Gasteiger partial charge in [-0.15, -0.1) is 0 Å². The van der Waals surface area contributed by atoms with Crippen molar-refractivity contribution in [2.45, 2.75) is 25.0 Å². The summed E-state index contributed by atoms with van der Waals surface area (Å²) in [4.78, 5) is 23.5. The van der Waals surface area contributed by atoms with Crippen molar-refractivity contribution in [3.05, 3.63) is 72.2 Å². The standard InChI is InChI=1S/C20H18BrN3O6/c1-19(2)15-10-13(23(26)27)3-4-17(15)22(7-8-25)20(19)6-5-12-9-14(24(28)29)11-16(21)18(12)30-20/h3-6,9-11,25H,7-8H2,1-2H3/t20-/m1/s1. The number of aliphatic hydroxyl groups is 1. The molecule has 4 rings (SSSR count). The molecule has 0 fully saturated rings. The van der Waals surface area contributed by atoms with Gasteiger partial charge in [0.15, 0.2) is 0 Å². The van der Waals surface area contributed by atoms with Crippen LogP contribution in [0.15, 0.2) is 40.9 Å². The van der Waals surface area contributed by atoms with Crippen molar-refractivity contribution < 1.29 is 19.7 Å². The second kappa shape index (κ2) is 6.78. The van der Waals surface area contributed by atoms with E-state index in [1.807, 2.05) is 18.7 Å². The first-order valence-electron chi connectivity index (χ1n) is 9.16. The molecule has 2 aliphatic rings. The van der Waals surface area contributed by atoms with Crippen LogP contribution in [-0.4, -0.2) is 33.8 Å². The van der Waals surface area contributed by atoms with Gasteiger partial charge in [0.2, 0.25) is 5.72 Å². The fraction of sp³-hybridized carbons (Fsp3) is 0.300. The van der Waals surface area contributed by atoms with E-state index in [9.17, 15) is 25.3 Å². The van der Waals surface area contributed by atoms with Crippen LogP contribution < -0.4 is 9.64 Å². The van der Waals surface area contributed by atoms with Crippen LogP contribution in [0, 0.1) is 20.2 Å². The molecule has 0 bridgehead atoms. The van der Waals surface area contributed by atoms with Gasteiger partial charge in [-0.05, 0) is 53.6 Å². The molecule has 30 heavy (non-hydrogen) atoms. The highest BCUT2D eigenvalue weighted by Crippen LogP contribution is 2.56. The van der Waals surface area contributed by atoms with Crippen LogP contribution in [0.3, 0.4) is 0 Å². The smallest absolute Gasteiger partial charge is 0.271 e. The summed E-state index contributed by atoms with van der Waals surface area (Å²) in [5.41, 5.74) is 0.0737. The van der Waals surface area contributed by atoms with Crippen LogP contribution in [0.1, 0.15) is 25.0 Å². The van der Waals surface area contributed by atoms with Crippen molar-refractivity contribution in [3.63, 3.8) is 0 Å². The Labute approximate surface area is 180 Å². The number of benzene rings is 2. The third-order valence-electron chi connectivity index (χ3n) is 5.79. The second-order valence-electron chi connectivity index (χ2n) is 7.69. The average molecular weight is 476 g/mol. The third-order valence-corrected chi connectivity index (χ3v) is 6.38. The molecule has 2 heterocycles. The van der Waals surface area contributed by atoms with E-state index in [0.717, 1.165) is 11.3 Å². The molecule has 0 aromatic heterocycles. The number of aliphatic hydroxyl groups excluding tert-OH is 1. The zero-order valence-corrected chi connectivity index (χ0v) is 17.7. The van der Waals surface area contributed by atoms with Gasteiger partial charge in [0, 0.05) is 42.1 Å². The third kappa shape index (κ3) is 2.71. The van der Waals surface area contributed by atoms with Crippen LogP contribution in [-0.2, 0) is 5.41 Å². The molecule has 0 aliphatic carbocycles. The van der Waals surface area contributed by atoms with Gasteiger partial charge < -0.3 is 14.7 Å². The molecule has 0 unspecified atom stereocenters. The maximum absolute atomic E-state index is 11.3. The first-order chi connectivity index (χ1) is 14.1. The highest BCUT2D eigenvalue weighted by atomic mass is 79.9. The average Bonchev–Trinajstić information content (AvgIpc) is 2.87. The van der Waals surface area contributed by atoms with Crippen LogP contribution in [0.2, 0.25) is 0 Å². The number of ether oxygens (including phenoxy) is 1. The number of halogens is 1. The highest BCUT2D eigenvalue weighted by molar-refractivity contribution is 9.10. The molecule has 1 N–H and O–H groups in total. The minimum Gasteiger partial charge on any atom is -0.462 e. The maximum atomic E-state index is 11.3. The van der Waals surface area contributed by atoms with Crippen molar-refractivity contribution in [1.29, 1.82) is 0 Å². The number of hydrogen-bond donors (Lipinski definition) is 1. The summed E-state index contributed by atoms with van der Waals surface area (Å²) >= 11 is 3.37. The minimum atomic E-state index is -1.08. The predicted molar refractivity (Wildman–Crippen MR) is 114 cm³/mol. The lowest BCUT2D eigenvalue weighted by Gasteiger charge is -2.47. The lowest BCUT2D eigenvalue weighted by Crippen LogP contribution is -2.60. The Morgan fingerprint density at radius 3 is 2.47 bits per heavy atom. The van der Waals surface area contributed by atoms with Gasteiger partial charge in [-0.25, -0.2) is 0 Å². The molecule has 156 valence electrons. The minimum absolute atomic E-state index is 0.0279. The van der Waals surface area contributed by atoms with E-state index in [0.29, 0.717) is 15.8 Å². The Hall–Kier alpha value is -2.98. The summed E-state index contributed by atoms with van der Waals surface area (Å²) in [6.45, 7) is 3.92. The van der Waals surface area contributed by atoms with E-state index >= 15 is 0 Å². The Morgan fingerprint density at radius 2 is 1.83 bits per heavy atom. The van der Waals surface area contributed by atoms with Crippen LogP contribution in [0.25, 0.3) is 6.08 Å². The predicted octanol–water partition coefficient (Wildman–Crippen LogP) is 4.16. The van der Waals surface area contributed by atoms with E-state index in [1.54, 1.807) is 18.2 Å². The van der Waals surface area contributed by atoms with Gasteiger partial charge in [0.05, 0.1) is 26.3 Å². The van der Waals surface area contributed by atoms with Gasteiger partial charge in [-0.1, -0.05) is 0 Å². The number of anilines is 1. The fourth-order valence-corrected chi connectivity index (χ4v) is 4.82. The Morgan fingerprint density at radius 1 is 1.13 bits per heavy atom. The number of hydrogen-bond acceptors (Lipinski definition) is 7. The molecule has 2 aliphatic heterocycles. The first-order valence-corrected chi connectivity index (χ1v) is 9.95.